The van der Waals surface area contributed by atoms with Crippen LogP contribution < -0.4 is 10.2 Å². The number of carbonyl (C=O) groups excluding carboxylic acids is 1. The van der Waals surface area contributed by atoms with Crippen LogP contribution in [0.1, 0.15) is 19.8 Å². The normalized spacial score (nSPS) is 17.6. The van der Waals surface area contributed by atoms with Crippen LogP contribution in [0.15, 0.2) is 24.3 Å². The third-order valence-corrected chi connectivity index (χ3v) is 4.53. The van der Waals surface area contributed by atoms with E-state index in [2.05, 4.69) is 16.3 Å². The van der Waals surface area contributed by atoms with E-state index in [9.17, 15) is 9.90 Å². The van der Waals surface area contributed by atoms with Gasteiger partial charge in [0, 0.05) is 19.7 Å². The number of nitrogens with one attached hydrogen (secondary N) is 1. The first-order valence-electron chi connectivity index (χ1n) is 7.95. The lowest BCUT2D eigenvalue weighted by Gasteiger charge is -2.34. The van der Waals surface area contributed by atoms with Crippen molar-refractivity contribution in [2.24, 2.45) is 5.92 Å². The molecule has 5 nitrogen and oxygen atoms in total. The summed E-state index contributed by atoms with van der Waals surface area (Å²) in [5, 5.41) is 12.3. The lowest BCUT2D eigenvalue weighted by Crippen LogP contribution is -2.38. The Morgan fingerprint density at radius 2 is 2.00 bits per heavy atom. The van der Waals surface area contributed by atoms with Crippen molar-refractivity contribution in [2.75, 3.05) is 44.0 Å². The van der Waals surface area contributed by atoms with Crippen molar-refractivity contribution in [3.8, 4) is 0 Å². The molecule has 0 radical (unpaired) electrons. The number of aliphatic hydroxyl groups is 1. The highest BCUT2D eigenvalue weighted by Gasteiger charge is 2.22. The zero-order chi connectivity index (χ0) is 16.1. The lowest BCUT2D eigenvalue weighted by molar-refractivity contribution is -0.119. The maximum absolute atomic E-state index is 12.3. The van der Waals surface area contributed by atoms with Gasteiger partial charge in [-0.05, 0) is 51.9 Å². The van der Waals surface area contributed by atoms with E-state index in [4.69, 9.17) is 0 Å². The fourth-order valence-corrected chi connectivity index (χ4v) is 2.68. The summed E-state index contributed by atoms with van der Waals surface area (Å²) in [6.45, 7) is 4.00. The van der Waals surface area contributed by atoms with Gasteiger partial charge in [0.15, 0.2) is 0 Å². The minimum Gasteiger partial charge on any atom is -0.396 e. The topological polar surface area (TPSA) is 55.8 Å². The minimum atomic E-state index is -0.173. The van der Waals surface area contributed by atoms with Crippen LogP contribution in [-0.2, 0) is 4.79 Å². The van der Waals surface area contributed by atoms with E-state index in [1.165, 1.54) is 0 Å². The van der Waals surface area contributed by atoms with E-state index in [0.717, 1.165) is 37.3 Å². The number of likely N-dealkylation sites (N-methyl/N-ethyl adjacent to an activating group) is 1. The summed E-state index contributed by atoms with van der Waals surface area (Å²) >= 11 is 0. The van der Waals surface area contributed by atoms with E-state index in [-0.39, 0.29) is 18.6 Å². The number of carbonyl (C=O) groups is 1. The van der Waals surface area contributed by atoms with E-state index >= 15 is 0 Å². The van der Waals surface area contributed by atoms with Crippen molar-refractivity contribution in [2.45, 2.75) is 25.8 Å². The second-order valence-corrected chi connectivity index (χ2v) is 6.26. The van der Waals surface area contributed by atoms with Gasteiger partial charge in [0.05, 0.1) is 17.4 Å². The number of hydrogen-bond donors (Lipinski definition) is 2. The Labute approximate surface area is 132 Å². The van der Waals surface area contributed by atoms with E-state index in [1.54, 1.807) is 0 Å². The van der Waals surface area contributed by atoms with Crippen molar-refractivity contribution in [3.63, 3.8) is 0 Å². The minimum absolute atomic E-state index is 0.00249. The summed E-state index contributed by atoms with van der Waals surface area (Å²) in [4.78, 5) is 16.5. The number of hydrogen-bond acceptors (Lipinski definition) is 4. The van der Waals surface area contributed by atoms with Crippen molar-refractivity contribution in [3.05, 3.63) is 24.3 Å². The molecule has 22 heavy (non-hydrogen) atoms. The van der Waals surface area contributed by atoms with Crippen LogP contribution in [0, 0.1) is 5.92 Å². The maximum Gasteiger partial charge on any atom is 0.241 e. The molecule has 0 aromatic heterocycles. The summed E-state index contributed by atoms with van der Waals surface area (Å²) in [5.74, 6) is 0.412. The Morgan fingerprint density at radius 3 is 2.59 bits per heavy atom. The molecule has 1 aliphatic rings. The molecule has 1 aliphatic heterocycles. The van der Waals surface area contributed by atoms with Gasteiger partial charge in [0.1, 0.15) is 0 Å². The summed E-state index contributed by atoms with van der Waals surface area (Å²) in [5.41, 5.74) is 1.93. The van der Waals surface area contributed by atoms with Gasteiger partial charge in [-0.2, -0.15) is 0 Å². The molecule has 1 saturated heterocycles. The first-order chi connectivity index (χ1) is 10.5. The second kappa shape index (κ2) is 7.61. The highest BCUT2D eigenvalue weighted by molar-refractivity contribution is 5.97. The van der Waals surface area contributed by atoms with Crippen molar-refractivity contribution in [1.82, 2.24) is 4.90 Å². The molecule has 0 unspecified atom stereocenters. The van der Waals surface area contributed by atoms with Crippen molar-refractivity contribution in [1.29, 1.82) is 0 Å². The van der Waals surface area contributed by atoms with E-state index in [0.29, 0.717) is 5.92 Å². The highest BCUT2D eigenvalue weighted by Crippen LogP contribution is 2.29. The van der Waals surface area contributed by atoms with Crippen molar-refractivity contribution >= 4 is 17.3 Å². The number of para-hydroxylation sites is 2. The van der Waals surface area contributed by atoms with E-state index in [1.807, 2.05) is 44.1 Å². The summed E-state index contributed by atoms with van der Waals surface area (Å²) in [6, 6.07) is 7.77. The van der Waals surface area contributed by atoms with Crippen LogP contribution >= 0.6 is 0 Å². The van der Waals surface area contributed by atoms with Gasteiger partial charge in [-0.1, -0.05) is 12.1 Å². The molecule has 0 spiro atoms. The summed E-state index contributed by atoms with van der Waals surface area (Å²) < 4.78 is 0. The molecule has 0 bridgehead atoms. The van der Waals surface area contributed by atoms with E-state index < -0.39 is 0 Å². The van der Waals surface area contributed by atoms with Crippen LogP contribution in [-0.4, -0.2) is 55.7 Å². The molecule has 1 fully saturated rings. The first-order valence-corrected chi connectivity index (χ1v) is 7.95. The van der Waals surface area contributed by atoms with Crippen LogP contribution in [0.5, 0.6) is 0 Å². The lowest BCUT2D eigenvalue weighted by atomic mass is 9.97. The second-order valence-electron chi connectivity index (χ2n) is 6.26. The van der Waals surface area contributed by atoms with Gasteiger partial charge in [0.2, 0.25) is 5.91 Å². The Kier molecular flexibility index (Phi) is 5.80. The van der Waals surface area contributed by atoms with Gasteiger partial charge in [-0.25, -0.2) is 0 Å². The number of aliphatic hydroxyl groups excluding tert-OH is 1. The van der Waals surface area contributed by atoms with Crippen LogP contribution in [0.3, 0.4) is 0 Å². The maximum atomic E-state index is 12.3. The third-order valence-electron chi connectivity index (χ3n) is 4.53. The van der Waals surface area contributed by atoms with Gasteiger partial charge < -0.3 is 15.3 Å². The summed E-state index contributed by atoms with van der Waals surface area (Å²) in [6.07, 6.45) is 1.99. The van der Waals surface area contributed by atoms with Gasteiger partial charge in [-0.15, -0.1) is 0 Å². The van der Waals surface area contributed by atoms with Crippen LogP contribution in [0.25, 0.3) is 0 Å². The third kappa shape index (κ3) is 3.99. The number of piperidine rings is 1. The first kappa shape index (κ1) is 16.8. The van der Waals surface area contributed by atoms with Gasteiger partial charge in [-0.3, -0.25) is 9.69 Å². The Bertz CT molecular complexity index is 496. The number of benzene rings is 1. The largest absolute Gasteiger partial charge is 0.396 e. The average molecular weight is 305 g/mol. The Balaban J connectivity index is 2.09. The summed E-state index contributed by atoms with van der Waals surface area (Å²) in [7, 11) is 3.80. The van der Waals surface area contributed by atoms with Crippen LogP contribution in [0.2, 0.25) is 0 Å². The number of amides is 1. The highest BCUT2D eigenvalue weighted by atomic mass is 16.3. The molecule has 122 valence electrons. The number of rotatable bonds is 5. The fourth-order valence-electron chi connectivity index (χ4n) is 2.68. The molecule has 1 aromatic rings. The van der Waals surface area contributed by atoms with Crippen LogP contribution in [0.4, 0.5) is 11.4 Å². The predicted molar refractivity (Wildman–Crippen MR) is 90.2 cm³/mol. The molecule has 0 saturated carbocycles. The van der Waals surface area contributed by atoms with Crippen molar-refractivity contribution < 1.29 is 9.90 Å². The molecule has 1 heterocycles. The average Bonchev–Trinajstić information content (AvgIpc) is 2.54. The SMILES string of the molecule is C[C@@H](C(=O)Nc1ccccc1N1CCC(CO)CC1)N(C)C. The molecule has 0 aliphatic carbocycles. The van der Waals surface area contributed by atoms with Gasteiger partial charge >= 0.3 is 0 Å². The number of anilines is 2. The van der Waals surface area contributed by atoms with Gasteiger partial charge in [0.25, 0.3) is 0 Å². The fraction of sp³-hybridized carbons (Fsp3) is 0.588. The molecule has 1 atom stereocenters. The molecule has 1 aromatic carbocycles. The Hall–Kier alpha value is -1.59. The molecule has 2 rings (SSSR count). The number of nitrogens with zero attached hydrogens (tertiary/aromatic N) is 2. The standard InChI is InChI=1S/C17H27N3O2/c1-13(19(2)3)17(22)18-15-6-4-5-7-16(15)20-10-8-14(12-21)9-11-20/h4-7,13-14,21H,8-12H2,1-3H3,(H,18,22)/t13-/m0/s1. The molecular formula is C17H27N3O2. The predicted octanol–water partition coefficient (Wildman–Crippen LogP) is 1.78. The zero-order valence-corrected chi connectivity index (χ0v) is 13.7. The smallest absolute Gasteiger partial charge is 0.241 e. The zero-order valence-electron chi connectivity index (χ0n) is 13.7. The Morgan fingerprint density at radius 1 is 1.36 bits per heavy atom. The molecule has 1 amide bonds. The monoisotopic (exact) mass is 305 g/mol. The molecule has 5 heteroatoms. The molecule has 2 N–H and O–H groups in total. The molecular weight excluding hydrogens is 278 g/mol. The quantitative estimate of drug-likeness (QED) is 0.871.